The SMILES string of the molecule is CC[C@H](C)[C@@H]([C@@H](CC(=O)N1[C@H]2CC2C[C@H]1[C@H](OC)[C@@H](C)C(=O)N[C@@H](Cc1ccccc1)C(=O)O)OC)N(C)C(=O)[C@@H](NC=O)C(C)C. The van der Waals surface area contributed by atoms with Gasteiger partial charge in [0.15, 0.2) is 0 Å². The van der Waals surface area contributed by atoms with E-state index in [2.05, 4.69) is 10.6 Å². The number of fused-ring (bicyclic) bond motifs is 1. The summed E-state index contributed by atoms with van der Waals surface area (Å²) in [5.74, 6) is -2.56. The van der Waals surface area contributed by atoms with Crippen LogP contribution in [0.25, 0.3) is 0 Å². The van der Waals surface area contributed by atoms with E-state index in [4.69, 9.17) is 9.47 Å². The first-order chi connectivity index (χ1) is 22.3. The first kappa shape index (κ1) is 37.9. The lowest BCUT2D eigenvalue weighted by atomic mass is 9.89. The molecule has 1 saturated heterocycles. The molecule has 2 fully saturated rings. The van der Waals surface area contributed by atoms with Crippen LogP contribution in [0.15, 0.2) is 30.3 Å². The lowest BCUT2D eigenvalue weighted by Gasteiger charge is -2.41. The molecule has 1 aromatic rings. The highest BCUT2D eigenvalue weighted by Crippen LogP contribution is 2.50. The maximum atomic E-state index is 14.1. The highest BCUT2D eigenvalue weighted by Gasteiger charge is 2.57. The van der Waals surface area contributed by atoms with E-state index in [9.17, 15) is 29.1 Å². The van der Waals surface area contributed by atoms with Gasteiger partial charge in [-0.3, -0.25) is 19.2 Å². The predicted octanol–water partition coefficient (Wildman–Crippen LogP) is 2.49. The Bertz CT molecular complexity index is 1230. The summed E-state index contributed by atoms with van der Waals surface area (Å²) in [7, 11) is 4.74. The fraction of sp³-hybridized carbons (Fsp3) is 0.686. The molecule has 0 radical (unpaired) electrons. The van der Waals surface area contributed by atoms with Crippen LogP contribution >= 0.6 is 0 Å². The number of carboxylic acid groups (broad SMARTS) is 1. The normalized spacial score (nSPS) is 23.0. The first-order valence-electron chi connectivity index (χ1n) is 16.7. The molecular weight excluding hydrogens is 604 g/mol. The number of ether oxygens (including phenoxy) is 2. The average Bonchev–Trinajstić information content (AvgIpc) is 3.71. The van der Waals surface area contributed by atoms with E-state index in [1.54, 1.807) is 18.9 Å². The van der Waals surface area contributed by atoms with Gasteiger partial charge < -0.3 is 35.0 Å². The Morgan fingerprint density at radius 3 is 2.26 bits per heavy atom. The quantitative estimate of drug-likeness (QED) is 0.192. The van der Waals surface area contributed by atoms with Gasteiger partial charge in [-0.1, -0.05) is 71.4 Å². The van der Waals surface area contributed by atoms with Gasteiger partial charge in [-0.05, 0) is 36.2 Å². The molecule has 4 amide bonds. The van der Waals surface area contributed by atoms with Gasteiger partial charge in [-0.2, -0.15) is 0 Å². The fourth-order valence-electron chi connectivity index (χ4n) is 7.20. The largest absolute Gasteiger partial charge is 0.480 e. The number of carbonyl (C=O) groups excluding carboxylic acids is 4. The third kappa shape index (κ3) is 9.10. The van der Waals surface area contributed by atoms with Crippen LogP contribution in [0.5, 0.6) is 0 Å². The minimum absolute atomic E-state index is 0.0118. The van der Waals surface area contributed by atoms with Crippen LogP contribution in [-0.4, -0.2) is 109 Å². The molecule has 3 rings (SSSR count). The lowest BCUT2D eigenvalue weighted by molar-refractivity contribution is -0.149. The number of hydrogen-bond donors (Lipinski definition) is 3. The van der Waals surface area contributed by atoms with Gasteiger partial charge in [0.2, 0.25) is 24.1 Å². The van der Waals surface area contributed by atoms with Gasteiger partial charge in [0.25, 0.3) is 0 Å². The zero-order valence-corrected chi connectivity index (χ0v) is 29.0. The molecule has 0 bridgehead atoms. The molecule has 1 aliphatic carbocycles. The monoisotopic (exact) mass is 658 g/mol. The summed E-state index contributed by atoms with van der Waals surface area (Å²) >= 11 is 0. The zero-order chi connectivity index (χ0) is 35.0. The summed E-state index contributed by atoms with van der Waals surface area (Å²) in [6, 6.07) is 6.50. The van der Waals surface area contributed by atoms with Crippen molar-refractivity contribution in [2.75, 3.05) is 21.3 Å². The van der Waals surface area contributed by atoms with Crippen molar-refractivity contribution in [3.8, 4) is 0 Å². The molecule has 0 aromatic heterocycles. The second kappa shape index (κ2) is 17.1. The van der Waals surface area contributed by atoms with Crippen molar-refractivity contribution < 1.29 is 38.6 Å². The number of nitrogens with one attached hydrogen (secondary N) is 2. The van der Waals surface area contributed by atoms with Crippen LogP contribution in [0.4, 0.5) is 0 Å². The number of benzene rings is 1. The predicted molar refractivity (Wildman–Crippen MR) is 176 cm³/mol. The number of aliphatic carboxylic acids is 1. The van der Waals surface area contributed by atoms with Crippen LogP contribution in [0.1, 0.15) is 65.9 Å². The van der Waals surface area contributed by atoms with Crippen molar-refractivity contribution in [3.63, 3.8) is 0 Å². The molecule has 3 N–H and O–H groups in total. The number of rotatable bonds is 19. The van der Waals surface area contributed by atoms with Crippen molar-refractivity contribution in [1.82, 2.24) is 20.4 Å². The number of carbonyl (C=O) groups is 5. The lowest BCUT2D eigenvalue weighted by Crippen LogP contribution is -2.57. The Morgan fingerprint density at radius 1 is 1.06 bits per heavy atom. The molecule has 2 aliphatic rings. The number of hydrogen-bond acceptors (Lipinski definition) is 7. The molecule has 1 aromatic carbocycles. The molecule has 47 heavy (non-hydrogen) atoms. The molecular formula is C35H54N4O8. The van der Waals surface area contributed by atoms with E-state index in [0.29, 0.717) is 18.7 Å². The summed E-state index contributed by atoms with van der Waals surface area (Å²) < 4.78 is 11.8. The highest BCUT2D eigenvalue weighted by atomic mass is 16.5. The van der Waals surface area contributed by atoms with E-state index < -0.39 is 48.1 Å². The van der Waals surface area contributed by atoms with Crippen molar-refractivity contribution in [1.29, 1.82) is 0 Å². The number of likely N-dealkylation sites (N-methyl/N-ethyl adjacent to an activating group) is 1. The molecule has 1 unspecified atom stereocenters. The molecule has 12 nitrogen and oxygen atoms in total. The molecule has 0 spiro atoms. The van der Waals surface area contributed by atoms with E-state index in [-0.39, 0.29) is 48.6 Å². The van der Waals surface area contributed by atoms with E-state index in [0.717, 1.165) is 18.4 Å². The second-order valence-electron chi connectivity index (χ2n) is 13.6. The Hall–Kier alpha value is -3.51. The van der Waals surface area contributed by atoms with Gasteiger partial charge >= 0.3 is 5.97 Å². The Kier molecular flexibility index (Phi) is 13.8. The van der Waals surface area contributed by atoms with Gasteiger partial charge in [-0.25, -0.2) is 4.79 Å². The topological polar surface area (TPSA) is 155 Å². The number of amides is 4. The number of carboxylic acids is 1. The summed E-state index contributed by atoms with van der Waals surface area (Å²) in [5, 5.41) is 15.2. The zero-order valence-electron chi connectivity index (χ0n) is 29.0. The van der Waals surface area contributed by atoms with Gasteiger partial charge in [0.05, 0.1) is 36.6 Å². The van der Waals surface area contributed by atoms with Crippen molar-refractivity contribution >= 4 is 30.1 Å². The minimum atomic E-state index is -1.13. The number of nitrogens with zero attached hydrogens (tertiary/aromatic N) is 2. The van der Waals surface area contributed by atoms with Crippen molar-refractivity contribution in [2.24, 2.45) is 23.7 Å². The first-order valence-corrected chi connectivity index (χ1v) is 16.7. The van der Waals surface area contributed by atoms with Crippen LogP contribution in [0, 0.1) is 23.7 Å². The molecule has 1 heterocycles. The van der Waals surface area contributed by atoms with Gasteiger partial charge in [-0.15, -0.1) is 0 Å². The minimum Gasteiger partial charge on any atom is -0.480 e. The highest BCUT2D eigenvalue weighted by molar-refractivity contribution is 5.86. The maximum Gasteiger partial charge on any atom is 0.326 e. The van der Waals surface area contributed by atoms with Crippen molar-refractivity contribution in [2.45, 2.75) is 109 Å². The van der Waals surface area contributed by atoms with Crippen LogP contribution < -0.4 is 10.6 Å². The Morgan fingerprint density at radius 2 is 1.72 bits per heavy atom. The van der Waals surface area contributed by atoms with Crippen LogP contribution in [0.3, 0.4) is 0 Å². The summed E-state index contributed by atoms with van der Waals surface area (Å²) in [4.78, 5) is 67.9. The fourth-order valence-corrected chi connectivity index (χ4v) is 7.20. The standard InChI is InChI=1S/C35H54N4O8/c1-9-21(4)31(38(6)34(43)30(20(2)3)36-19-40)28(46-7)18-29(41)39-26-16-24(26)17-27(39)32(47-8)22(5)33(42)37-25(35(44)45)15-23-13-11-10-12-14-23/h10-14,19-22,24-28,30-32H,9,15-18H2,1-8H3,(H,36,40)(H,37,42)(H,44,45)/t21-,22+,24?,25-,26-,27-,28+,30-,31-,32+/m0/s1. The number of piperidine rings is 1. The smallest absolute Gasteiger partial charge is 0.326 e. The van der Waals surface area contributed by atoms with Crippen LogP contribution in [0.2, 0.25) is 0 Å². The van der Waals surface area contributed by atoms with E-state index in [1.165, 1.54) is 14.2 Å². The van der Waals surface area contributed by atoms with Crippen molar-refractivity contribution in [3.05, 3.63) is 35.9 Å². The molecule has 10 atom stereocenters. The number of methoxy groups -OCH3 is 2. The summed E-state index contributed by atoms with van der Waals surface area (Å²) in [5.41, 5.74) is 0.791. The molecule has 262 valence electrons. The van der Waals surface area contributed by atoms with Gasteiger partial charge in [0.1, 0.15) is 12.1 Å². The van der Waals surface area contributed by atoms with Crippen LogP contribution in [-0.2, 0) is 39.9 Å². The van der Waals surface area contributed by atoms with E-state index in [1.807, 2.05) is 62.9 Å². The summed E-state index contributed by atoms with van der Waals surface area (Å²) in [6.07, 6.45) is 1.70. The molecule has 1 saturated carbocycles. The molecule has 1 aliphatic heterocycles. The maximum absolute atomic E-state index is 14.1. The average molecular weight is 659 g/mol. The van der Waals surface area contributed by atoms with E-state index >= 15 is 0 Å². The third-order valence-electron chi connectivity index (χ3n) is 10.1. The molecule has 12 heteroatoms. The third-order valence-corrected chi connectivity index (χ3v) is 10.1. The Labute approximate surface area is 278 Å². The Balaban J connectivity index is 1.78. The second-order valence-corrected chi connectivity index (χ2v) is 13.6. The van der Waals surface area contributed by atoms with Gasteiger partial charge in [0, 0.05) is 33.7 Å². The summed E-state index contributed by atoms with van der Waals surface area (Å²) in [6.45, 7) is 9.46. The number of likely N-dealkylation sites (tertiary alicyclic amines) is 1.